The molecule has 0 saturated heterocycles. The molecule has 2 aromatic rings. The molecule has 0 amide bonds. The minimum atomic E-state index is -1.22. The lowest BCUT2D eigenvalue weighted by Crippen LogP contribution is -2.18. The third-order valence-corrected chi connectivity index (χ3v) is 3.43. The molecular formula is C13H9Br2NO3. The molecule has 6 heteroatoms. The molecule has 98 valence electrons. The average molecular weight is 387 g/mol. The molecule has 0 atom stereocenters. The van der Waals surface area contributed by atoms with E-state index in [-0.39, 0.29) is 5.56 Å². The van der Waals surface area contributed by atoms with Gasteiger partial charge < -0.3 is 10.1 Å². The Morgan fingerprint density at radius 2 is 1.79 bits per heavy atom. The van der Waals surface area contributed by atoms with Gasteiger partial charge >= 0.3 is 5.97 Å². The number of hydrogen-bond acceptors (Lipinski definition) is 2. The first-order valence-corrected chi connectivity index (χ1v) is 6.95. The van der Waals surface area contributed by atoms with Gasteiger partial charge in [-0.25, -0.2) is 4.79 Å². The summed E-state index contributed by atoms with van der Waals surface area (Å²) in [6.07, 6.45) is 0.521. The highest BCUT2D eigenvalue weighted by Gasteiger charge is 2.09. The van der Waals surface area contributed by atoms with Crippen molar-refractivity contribution >= 4 is 37.8 Å². The molecule has 0 radical (unpaired) electrons. The Hall–Kier alpha value is -1.40. The maximum atomic E-state index is 11.6. The van der Waals surface area contributed by atoms with E-state index in [2.05, 4.69) is 36.8 Å². The van der Waals surface area contributed by atoms with Crippen LogP contribution in [-0.2, 0) is 6.42 Å². The van der Waals surface area contributed by atoms with Crippen molar-refractivity contribution in [3.05, 3.63) is 66.5 Å². The summed E-state index contributed by atoms with van der Waals surface area (Å²) >= 11 is 6.78. The van der Waals surface area contributed by atoms with Crippen LogP contribution < -0.4 is 5.56 Å². The molecule has 4 nitrogen and oxygen atoms in total. The zero-order valence-corrected chi connectivity index (χ0v) is 12.8. The molecule has 0 unspecified atom stereocenters. The van der Waals surface area contributed by atoms with E-state index in [9.17, 15) is 9.59 Å². The lowest BCUT2D eigenvalue weighted by Gasteiger charge is -2.04. The molecule has 19 heavy (non-hydrogen) atoms. The number of benzene rings is 1. The Morgan fingerprint density at radius 1 is 1.16 bits per heavy atom. The van der Waals surface area contributed by atoms with E-state index in [1.807, 2.05) is 18.2 Å². The average Bonchev–Trinajstić information content (AvgIpc) is 2.26. The Balaban J connectivity index is 2.31. The van der Waals surface area contributed by atoms with Gasteiger partial charge in [0.25, 0.3) is 5.56 Å². The van der Waals surface area contributed by atoms with Crippen LogP contribution in [0.1, 0.15) is 21.6 Å². The minimum Gasteiger partial charge on any atom is -0.477 e. The van der Waals surface area contributed by atoms with E-state index in [0.717, 1.165) is 14.5 Å². The number of halogens is 2. The smallest absolute Gasteiger partial charge is 0.341 e. The monoisotopic (exact) mass is 385 g/mol. The van der Waals surface area contributed by atoms with Gasteiger partial charge in [0, 0.05) is 21.1 Å². The summed E-state index contributed by atoms with van der Waals surface area (Å²) in [4.78, 5) is 24.9. The van der Waals surface area contributed by atoms with Crippen molar-refractivity contribution in [2.45, 2.75) is 6.42 Å². The number of pyridine rings is 1. The van der Waals surface area contributed by atoms with Crippen LogP contribution in [0.4, 0.5) is 0 Å². The van der Waals surface area contributed by atoms with E-state index < -0.39 is 11.5 Å². The number of rotatable bonds is 3. The summed E-state index contributed by atoms with van der Waals surface area (Å²) in [5.74, 6) is -1.22. The SMILES string of the molecule is O=C(O)c1ccc(Cc2cc(Br)cc(Br)c2)[nH]c1=O. The third-order valence-electron chi connectivity index (χ3n) is 2.52. The molecule has 0 bridgehead atoms. The summed E-state index contributed by atoms with van der Waals surface area (Å²) < 4.78 is 1.86. The first-order valence-electron chi connectivity index (χ1n) is 5.36. The minimum absolute atomic E-state index is 0.251. The van der Waals surface area contributed by atoms with Crippen LogP contribution in [0, 0.1) is 0 Å². The lowest BCUT2D eigenvalue weighted by molar-refractivity contribution is 0.0695. The van der Waals surface area contributed by atoms with Gasteiger partial charge in [0.2, 0.25) is 0 Å². The van der Waals surface area contributed by atoms with Gasteiger partial charge in [0.05, 0.1) is 0 Å². The number of carbonyl (C=O) groups is 1. The molecule has 0 saturated carbocycles. The highest BCUT2D eigenvalue weighted by Crippen LogP contribution is 2.21. The Labute approximate surface area is 125 Å². The van der Waals surface area contributed by atoms with Crippen LogP contribution >= 0.6 is 31.9 Å². The van der Waals surface area contributed by atoms with Crippen LogP contribution in [0.25, 0.3) is 0 Å². The molecule has 1 aromatic heterocycles. The van der Waals surface area contributed by atoms with E-state index >= 15 is 0 Å². The molecule has 1 heterocycles. The number of aromatic amines is 1. The van der Waals surface area contributed by atoms with Gasteiger partial charge in [-0.2, -0.15) is 0 Å². The molecule has 1 aromatic carbocycles. The number of nitrogens with one attached hydrogen (secondary N) is 1. The Morgan fingerprint density at radius 3 is 2.32 bits per heavy atom. The number of carboxylic acids is 1. The quantitative estimate of drug-likeness (QED) is 0.850. The Bertz CT molecular complexity index is 674. The maximum Gasteiger partial charge on any atom is 0.341 e. The number of aromatic nitrogens is 1. The molecule has 2 rings (SSSR count). The van der Waals surface area contributed by atoms with E-state index in [0.29, 0.717) is 12.1 Å². The number of hydrogen-bond donors (Lipinski definition) is 2. The number of carboxylic acid groups (broad SMARTS) is 1. The summed E-state index contributed by atoms with van der Waals surface area (Å²) in [5.41, 5.74) is 0.832. The van der Waals surface area contributed by atoms with E-state index in [1.54, 1.807) is 6.07 Å². The highest BCUT2D eigenvalue weighted by atomic mass is 79.9. The van der Waals surface area contributed by atoms with Gasteiger partial charge in [-0.1, -0.05) is 31.9 Å². The van der Waals surface area contributed by atoms with Crippen molar-refractivity contribution < 1.29 is 9.90 Å². The summed E-state index contributed by atoms with van der Waals surface area (Å²) in [6.45, 7) is 0. The van der Waals surface area contributed by atoms with Crippen molar-refractivity contribution in [3.63, 3.8) is 0 Å². The number of aromatic carboxylic acids is 1. The lowest BCUT2D eigenvalue weighted by atomic mass is 10.1. The molecule has 0 aliphatic heterocycles. The molecule has 0 aliphatic rings. The fraction of sp³-hybridized carbons (Fsp3) is 0.0769. The fourth-order valence-electron chi connectivity index (χ4n) is 1.72. The number of H-pyrrole nitrogens is 1. The van der Waals surface area contributed by atoms with Crippen LogP contribution in [0.2, 0.25) is 0 Å². The van der Waals surface area contributed by atoms with Gasteiger partial charge in [0.15, 0.2) is 0 Å². The first-order chi connectivity index (χ1) is 8.95. The molecule has 0 aliphatic carbocycles. The second-order valence-electron chi connectivity index (χ2n) is 3.99. The van der Waals surface area contributed by atoms with Crippen LogP contribution in [-0.4, -0.2) is 16.1 Å². The van der Waals surface area contributed by atoms with Crippen LogP contribution in [0.15, 0.2) is 44.1 Å². The van der Waals surface area contributed by atoms with Gasteiger partial charge in [-0.15, -0.1) is 0 Å². The predicted molar refractivity (Wildman–Crippen MR) is 78.7 cm³/mol. The summed E-state index contributed by atoms with van der Waals surface area (Å²) in [6, 6.07) is 8.73. The van der Waals surface area contributed by atoms with Gasteiger partial charge in [0.1, 0.15) is 5.56 Å². The van der Waals surface area contributed by atoms with Crippen molar-refractivity contribution in [2.75, 3.05) is 0 Å². The zero-order valence-electron chi connectivity index (χ0n) is 9.61. The standard InChI is InChI=1S/C13H9Br2NO3/c14-8-3-7(4-9(15)6-8)5-10-1-2-11(13(18)19)12(17)16-10/h1-4,6H,5H2,(H,16,17)(H,18,19). The fourth-order valence-corrected chi connectivity index (χ4v) is 3.11. The van der Waals surface area contributed by atoms with Gasteiger partial charge in [-0.3, -0.25) is 4.79 Å². The molecule has 0 fully saturated rings. The first kappa shape index (κ1) is 14.0. The highest BCUT2D eigenvalue weighted by molar-refractivity contribution is 9.11. The van der Waals surface area contributed by atoms with E-state index in [4.69, 9.17) is 5.11 Å². The van der Waals surface area contributed by atoms with Gasteiger partial charge in [-0.05, 0) is 35.9 Å². The van der Waals surface area contributed by atoms with Crippen molar-refractivity contribution in [3.8, 4) is 0 Å². The zero-order chi connectivity index (χ0) is 14.0. The largest absolute Gasteiger partial charge is 0.477 e. The van der Waals surface area contributed by atoms with Crippen molar-refractivity contribution in [2.24, 2.45) is 0 Å². The van der Waals surface area contributed by atoms with Crippen LogP contribution in [0.5, 0.6) is 0 Å². The topological polar surface area (TPSA) is 70.2 Å². The predicted octanol–water partition coefficient (Wildman–Crippen LogP) is 3.19. The van der Waals surface area contributed by atoms with Crippen molar-refractivity contribution in [1.82, 2.24) is 4.98 Å². The normalized spacial score (nSPS) is 10.4. The van der Waals surface area contributed by atoms with Crippen LogP contribution in [0.3, 0.4) is 0 Å². The maximum absolute atomic E-state index is 11.6. The third kappa shape index (κ3) is 3.54. The molecule has 0 spiro atoms. The second-order valence-corrected chi connectivity index (χ2v) is 5.82. The summed E-state index contributed by atoms with van der Waals surface area (Å²) in [5, 5.41) is 8.79. The molecule has 2 N–H and O–H groups in total. The second kappa shape index (κ2) is 5.71. The molecular weight excluding hydrogens is 378 g/mol. The summed E-state index contributed by atoms with van der Waals surface area (Å²) in [7, 11) is 0. The Kier molecular flexibility index (Phi) is 4.21. The van der Waals surface area contributed by atoms with Crippen molar-refractivity contribution in [1.29, 1.82) is 0 Å². The van der Waals surface area contributed by atoms with E-state index in [1.165, 1.54) is 6.07 Å².